The predicted molar refractivity (Wildman–Crippen MR) is 114 cm³/mol. The van der Waals surface area contributed by atoms with Crippen LogP contribution in [0.2, 0.25) is 0 Å². The highest BCUT2D eigenvalue weighted by Gasteiger charge is 2.33. The van der Waals surface area contributed by atoms with Crippen molar-refractivity contribution in [3.05, 3.63) is 41.6 Å². The number of nitrogens with zero attached hydrogens (tertiary/aromatic N) is 4. The van der Waals surface area contributed by atoms with Crippen LogP contribution in [0.4, 0.5) is 35.4 Å². The summed E-state index contributed by atoms with van der Waals surface area (Å²) in [5.74, 6) is 1.36. The second-order valence-corrected chi connectivity index (χ2v) is 8.00. The summed E-state index contributed by atoms with van der Waals surface area (Å²) in [6.07, 6.45) is -0.102. The van der Waals surface area contributed by atoms with Gasteiger partial charge in [0.2, 0.25) is 5.95 Å². The maximum atomic E-state index is 13.1. The minimum absolute atomic E-state index is 0.102. The number of rotatable bonds is 5. The number of nitrogens with one attached hydrogen (secondary N) is 1. The van der Waals surface area contributed by atoms with Crippen LogP contribution in [0.1, 0.15) is 36.8 Å². The van der Waals surface area contributed by atoms with Crippen LogP contribution in [-0.2, 0) is 6.18 Å². The Morgan fingerprint density at radius 2 is 1.87 bits per heavy atom. The molecule has 31 heavy (non-hydrogen) atoms. The Kier molecular flexibility index (Phi) is 6.56. The summed E-state index contributed by atoms with van der Waals surface area (Å²) in [6.45, 7) is 1.94. The molecule has 2 aromatic rings. The number of primary amides is 1. The van der Waals surface area contributed by atoms with Gasteiger partial charge in [-0.2, -0.15) is 18.2 Å². The monoisotopic (exact) mass is 436 g/mol. The SMILES string of the molecule is Cc1cnc(NC2CCC(N(C(N)=O)c3cccc(C(F)(F)F)c3)CC2)nc1N(C)C. The summed E-state index contributed by atoms with van der Waals surface area (Å²) in [6, 6.07) is 3.80. The second-order valence-electron chi connectivity index (χ2n) is 8.00. The number of carbonyl (C=O) groups is 1. The summed E-state index contributed by atoms with van der Waals surface area (Å²) in [5.41, 5.74) is 5.87. The molecule has 7 nitrogen and oxygen atoms in total. The molecule has 0 bridgehead atoms. The van der Waals surface area contributed by atoms with Gasteiger partial charge in [-0.05, 0) is 50.8 Å². The maximum Gasteiger partial charge on any atom is 0.416 e. The van der Waals surface area contributed by atoms with E-state index in [1.54, 1.807) is 6.20 Å². The number of alkyl halides is 3. The highest BCUT2D eigenvalue weighted by atomic mass is 19.4. The Bertz CT molecular complexity index is 926. The molecule has 1 saturated carbocycles. The molecule has 1 aromatic heterocycles. The number of halogens is 3. The van der Waals surface area contributed by atoms with E-state index in [2.05, 4.69) is 15.3 Å². The Morgan fingerprint density at radius 3 is 2.45 bits per heavy atom. The van der Waals surface area contributed by atoms with E-state index in [0.717, 1.165) is 23.5 Å². The first-order chi connectivity index (χ1) is 14.6. The molecule has 168 valence electrons. The third-order valence-corrected chi connectivity index (χ3v) is 5.45. The summed E-state index contributed by atoms with van der Waals surface area (Å²) in [5, 5.41) is 3.33. The number of amides is 2. The van der Waals surface area contributed by atoms with Gasteiger partial charge >= 0.3 is 12.2 Å². The lowest BCUT2D eigenvalue weighted by atomic mass is 9.90. The van der Waals surface area contributed by atoms with Crippen molar-refractivity contribution in [3.63, 3.8) is 0 Å². The van der Waals surface area contributed by atoms with Crippen molar-refractivity contribution in [1.82, 2.24) is 9.97 Å². The third-order valence-electron chi connectivity index (χ3n) is 5.45. The van der Waals surface area contributed by atoms with E-state index in [1.165, 1.54) is 17.0 Å². The number of aromatic nitrogens is 2. The Labute approximate surface area is 179 Å². The van der Waals surface area contributed by atoms with Crippen molar-refractivity contribution in [3.8, 4) is 0 Å². The highest BCUT2D eigenvalue weighted by molar-refractivity contribution is 5.91. The smallest absolute Gasteiger partial charge is 0.362 e. The standard InChI is InChI=1S/C21H27F3N6O/c1-13-12-26-20(28-18(13)29(2)3)27-15-7-9-16(10-8-15)30(19(25)31)17-6-4-5-14(11-17)21(22,23)24/h4-6,11-12,15-16H,7-10H2,1-3H3,(H2,25,31)(H,26,27,28). The van der Waals surface area contributed by atoms with E-state index >= 15 is 0 Å². The lowest BCUT2D eigenvalue weighted by Gasteiger charge is -2.36. The highest BCUT2D eigenvalue weighted by Crippen LogP contribution is 2.34. The quantitative estimate of drug-likeness (QED) is 0.734. The van der Waals surface area contributed by atoms with E-state index in [4.69, 9.17) is 5.73 Å². The molecule has 1 aliphatic carbocycles. The molecule has 3 rings (SSSR count). The number of carbonyl (C=O) groups excluding carboxylic acids is 1. The zero-order chi connectivity index (χ0) is 22.8. The number of benzene rings is 1. The van der Waals surface area contributed by atoms with Crippen LogP contribution in [0, 0.1) is 6.92 Å². The van der Waals surface area contributed by atoms with Crippen LogP contribution >= 0.6 is 0 Å². The molecule has 0 saturated heterocycles. The number of nitrogens with two attached hydrogens (primary N) is 1. The molecule has 1 aliphatic rings. The average Bonchev–Trinajstić information content (AvgIpc) is 2.70. The fourth-order valence-electron chi connectivity index (χ4n) is 3.97. The van der Waals surface area contributed by atoms with Crippen LogP contribution in [-0.4, -0.2) is 42.2 Å². The van der Waals surface area contributed by atoms with Crippen LogP contribution in [0.15, 0.2) is 30.5 Å². The van der Waals surface area contributed by atoms with Gasteiger partial charge in [0.25, 0.3) is 0 Å². The van der Waals surface area contributed by atoms with Crippen LogP contribution in [0.5, 0.6) is 0 Å². The Morgan fingerprint density at radius 1 is 1.19 bits per heavy atom. The zero-order valence-electron chi connectivity index (χ0n) is 17.8. The fraction of sp³-hybridized carbons (Fsp3) is 0.476. The number of hydrogen-bond acceptors (Lipinski definition) is 5. The van der Waals surface area contributed by atoms with E-state index in [1.807, 2.05) is 25.9 Å². The molecule has 10 heteroatoms. The minimum Gasteiger partial charge on any atom is -0.362 e. The molecular formula is C21H27F3N6O. The van der Waals surface area contributed by atoms with Crippen molar-refractivity contribution < 1.29 is 18.0 Å². The maximum absolute atomic E-state index is 13.1. The topological polar surface area (TPSA) is 87.4 Å². The summed E-state index contributed by atoms with van der Waals surface area (Å²) in [7, 11) is 3.83. The van der Waals surface area contributed by atoms with Gasteiger partial charge in [-0.25, -0.2) is 9.78 Å². The average molecular weight is 436 g/mol. The first-order valence-electron chi connectivity index (χ1n) is 10.1. The van der Waals surface area contributed by atoms with Crippen LogP contribution in [0.25, 0.3) is 0 Å². The molecule has 0 spiro atoms. The van der Waals surface area contributed by atoms with Gasteiger partial charge in [-0.15, -0.1) is 0 Å². The van der Waals surface area contributed by atoms with E-state index in [0.29, 0.717) is 31.6 Å². The zero-order valence-corrected chi connectivity index (χ0v) is 17.8. The molecular weight excluding hydrogens is 409 g/mol. The van der Waals surface area contributed by atoms with E-state index < -0.39 is 17.8 Å². The van der Waals surface area contributed by atoms with Crippen LogP contribution in [0.3, 0.4) is 0 Å². The largest absolute Gasteiger partial charge is 0.416 e. The number of anilines is 3. The summed E-state index contributed by atoms with van der Waals surface area (Å²) < 4.78 is 39.2. The first kappa shape index (κ1) is 22.6. The lowest BCUT2D eigenvalue weighted by Crippen LogP contribution is -2.47. The normalized spacial score (nSPS) is 19.0. The fourth-order valence-corrected chi connectivity index (χ4v) is 3.97. The molecule has 0 radical (unpaired) electrons. The van der Waals surface area contributed by atoms with E-state index in [-0.39, 0.29) is 17.8 Å². The molecule has 3 N–H and O–H groups in total. The Hall–Kier alpha value is -3.04. The summed E-state index contributed by atoms with van der Waals surface area (Å²) >= 11 is 0. The van der Waals surface area contributed by atoms with Crippen molar-refractivity contribution >= 4 is 23.5 Å². The van der Waals surface area contributed by atoms with Gasteiger partial charge in [0, 0.05) is 43.6 Å². The number of urea groups is 1. The van der Waals surface area contributed by atoms with Crippen molar-refractivity contribution in [1.29, 1.82) is 0 Å². The predicted octanol–water partition coefficient (Wildman–Crippen LogP) is 4.18. The van der Waals surface area contributed by atoms with Gasteiger partial charge in [0.15, 0.2) is 0 Å². The number of aryl methyl sites for hydroxylation is 1. The molecule has 0 atom stereocenters. The van der Waals surface area contributed by atoms with Gasteiger partial charge < -0.3 is 16.0 Å². The van der Waals surface area contributed by atoms with E-state index in [9.17, 15) is 18.0 Å². The Balaban J connectivity index is 1.69. The lowest BCUT2D eigenvalue weighted by molar-refractivity contribution is -0.137. The third kappa shape index (κ3) is 5.36. The molecule has 2 amide bonds. The van der Waals surface area contributed by atoms with Gasteiger partial charge in [-0.1, -0.05) is 6.07 Å². The van der Waals surface area contributed by atoms with Crippen molar-refractivity contribution in [2.45, 2.75) is 50.9 Å². The summed E-state index contributed by atoms with van der Waals surface area (Å²) in [4.78, 5) is 24.2. The number of hydrogen-bond donors (Lipinski definition) is 2. The molecule has 1 fully saturated rings. The van der Waals surface area contributed by atoms with Gasteiger partial charge in [0.05, 0.1) is 5.56 Å². The van der Waals surface area contributed by atoms with Crippen molar-refractivity contribution in [2.75, 3.05) is 29.2 Å². The van der Waals surface area contributed by atoms with Gasteiger partial charge in [0.1, 0.15) is 5.82 Å². The first-order valence-corrected chi connectivity index (χ1v) is 10.1. The van der Waals surface area contributed by atoms with Crippen molar-refractivity contribution in [2.24, 2.45) is 5.73 Å². The molecule has 0 unspecified atom stereocenters. The molecule has 0 aliphatic heterocycles. The van der Waals surface area contributed by atoms with Crippen LogP contribution < -0.4 is 20.9 Å². The second kappa shape index (κ2) is 8.99. The van der Waals surface area contributed by atoms with Gasteiger partial charge in [-0.3, -0.25) is 4.90 Å². The molecule has 1 aromatic carbocycles. The minimum atomic E-state index is -4.49. The molecule has 1 heterocycles.